The molecule has 1 saturated carbocycles. The topological polar surface area (TPSA) is 118 Å². The van der Waals surface area contributed by atoms with E-state index in [0.29, 0.717) is 17.4 Å². The highest BCUT2D eigenvalue weighted by Crippen LogP contribution is 2.46. The number of urea groups is 1. The van der Waals surface area contributed by atoms with Crippen molar-refractivity contribution in [1.29, 1.82) is 0 Å². The Morgan fingerprint density at radius 3 is 2.71 bits per heavy atom. The van der Waals surface area contributed by atoms with Crippen molar-refractivity contribution in [3.63, 3.8) is 0 Å². The summed E-state index contributed by atoms with van der Waals surface area (Å²) in [6, 6.07) is 4.60. The van der Waals surface area contributed by atoms with Gasteiger partial charge in [-0.1, -0.05) is 19.1 Å². The van der Waals surface area contributed by atoms with Crippen molar-refractivity contribution in [2.45, 2.75) is 55.6 Å². The number of rotatable bonds is 6. The zero-order valence-electron chi connectivity index (χ0n) is 17.3. The highest BCUT2D eigenvalue weighted by Gasteiger charge is 2.40. The third-order valence-corrected chi connectivity index (χ3v) is 7.86. The third-order valence-electron chi connectivity index (χ3n) is 6.66. The Labute approximate surface area is 181 Å². The molecule has 2 fully saturated rings. The number of nitrogens with one attached hydrogen (secondary N) is 2. The molecule has 0 bridgehead atoms. The maximum atomic E-state index is 12.7. The fourth-order valence-electron chi connectivity index (χ4n) is 4.54. The first kappa shape index (κ1) is 20.5. The number of amides is 2. The minimum absolute atomic E-state index is 0.0704. The fraction of sp³-hybridized carbons (Fsp3) is 0.500. The van der Waals surface area contributed by atoms with Crippen molar-refractivity contribution >= 4 is 21.7 Å². The predicted molar refractivity (Wildman–Crippen MR) is 112 cm³/mol. The molecule has 0 unspecified atom stereocenters. The number of anilines is 1. The minimum Gasteiger partial charge on any atom is -0.451 e. The molecule has 5 rings (SSSR count). The van der Waals surface area contributed by atoms with Gasteiger partial charge >= 0.3 is 6.03 Å². The first-order valence-corrected chi connectivity index (χ1v) is 12.1. The monoisotopic (exact) mass is 446 g/mol. The molecule has 0 spiro atoms. The van der Waals surface area contributed by atoms with Gasteiger partial charge in [-0.15, -0.1) is 0 Å². The van der Waals surface area contributed by atoms with E-state index in [4.69, 9.17) is 9.15 Å². The number of hydrogen-bond donors (Lipinski definition) is 3. The van der Waals surface area contributed by atoms with E-state index < -0.39 is 26.7 Å². The summed E-state index contributed by atoms with van der Waals surface area (Å²) in [6.45, 7) is 2.30. The average molecular weight is 447 g/mol. The van der Waals surface area contributed by atoms with Crippen LogP contribution in [-0.2, 0) is 33.2 Å². The molecule has 1 aromatic carbocycles. The van der Waals surface area contributed by atoms with Crippen molar-refractivity contribution in [3.8, 4) is 0 Å². The number of benzene rings is 1. The van der Waals surface area contributed by atoms with Crippen LogP contribution in [0.2, 0.25) is 0 Å². The predicted octanol–water partition coefficient (Wildman–Crippen LogP) is 3.01. The van der Waals surface area contributed by atoms with Crippen LogP contribution in [-0.4, -0.2) is 32.8 Å². The van der Waals surface area contributed by atoms with Crippen molar-refractivity contribution in [2.24, 2.45) is 5.92 Å². The Kier molecular flexibility index (Phi) is 4.87. The van der Waals surface area contributed by atoms with Crippen molar-refractivity contribution in [3.05, 3.63) is 46.7 Å². The maximum Gasteiger partial charge on any atom is 0.333 e. The summed E-state index contributed by atoms with van der Waals surface area (Å²) in [7, 11) is -4.23. The Bertz CT molecular complexity index is 1130. The molecule has 1 aliphatic heterocycles. The van der Waals surface area contributed by atoms with Crippen LogP contribution < -0.4 is 10.0 Å². The highest BCUT2D eigenvalue weighted by atomic mass is 32.2. The van der Waals surface area contributed by atoms with Crippen LogP contribution in [0.4, 0.5) is 10.5 Å². The molecule has 0 radical (unpaired) electrons. The van der Waals surface area contributed by atoms with Gasteiger partial charge in [0, 0.05) is 17.3 Å². The van der Waals surface area contributed by atoms with Crippen molar-refractivity contribution in [2.75, 3.05) is 18.5 Å². The molecule has 2 aromatic rings. The SMILES string of the molecule is C[C@H](c1ccc2c(c1NC(=O)NS(=O)(=O)c1cc(C3(O)COC3)co1)CCC2)C1CC1. The molecule has 2 heterocycles. The molecule has 2 amide bonds. The maximum absolute atomic E-state index is 12.7. The van der Waals surface area contributed by atoms with Crippen molar-refractivity contribution in [1.82, 2.24) is 4.72 Å². The Hall–Kier alpha value is -2.36. The standard InChI is InChI=1S/C22H26N2O6S/c1-13(14-5-6-14)17-8-7-15-3-2-4-18(15)20(17)23-21(25)24-31(27,28)19-9-16(10-30-19)22(26)11-29-12-22/h7-10,13-14,26H,2-6,11-12H2,1H3,(H2,23,24,25)/t13-/m0/s1. The molecule has 1 atom stereocenters. The number of aliphatic hydroxyl groups is 1. The largest absolute Gasteiger partial charge is 0.451 e. The molecule has 1 aromatic heterocycles. The summed E-state index contributed by atoms with van der Waals surface area (Å²) < 4.78 is 37.5. The second kappa shape index (κ2) is 7.36. The van der Waals surface area contributed by atoms with Crippen LogP contribution in [0.1, 0.15) is 54.4 Å². The van der Waals surface area contributed by atoms with E-state index in [1.807, 2.05) is 4.72 Å². The summed E-state index contributed by atoms with van der Waals surface area (Å²) in [5, 5.41) is 12.7. The molecule has 2 aliphatic carbocycles. The van der Waals surface area contributed by atoms with Gasteiger partial charge in [0.2, 0.25) is 5.09 Å². The molecule has 3 N–H and O–H groups in total. The number of carbonyl (C=O) groups is 1. The number of fused-ring (bicyclic) bond motifs is 1. The van der Waals surface area contributed by atoms with Crippen LogP contribution in [0.3, 0.4) is 0 Å². The summed E-state index contributed by atoms with van der Waals surface area (Å²) in [6.07, 6.45) is 6.38. The van der Waals surface area contributed by atoms with E-state index in [1.54, 1.807) is 0 Å². The van der Waals surface area contributed by atoms with Gasteiger partial charge in [-0.05, 0) is 60.6 Å². The van der Waals surface area contributed by atoms with E-state index in [-0.39, 0.29) is 13.2 Å². The van der Waals surface area contributed by atoms with E-state index in [9.17, 15) is 18.3 Å². The first-order valence-electron chi connectivity index (χ1n) is 10.6. The van der Waals surface area contributed by atoms with Crippen LogP contribution in [0, 0.1) is 5.92 Å². The lowest BCUT2D eigenvalue weighted by molar-refractivity contribution is -0.184. The lowest BCUT2D eigenvalue weighted by atomic mass is 9.91. The fourth-order valence-corrected chi connectivity index (χ4v) is 5.39. The summed E-state index contributed by atoms with van der Waals surface area (Å²) >= 11 is 0. The normalized spacial score (nSPS) is 20.6. The van der Waals surface area contributed by atoms with Gasteiger partial charge in [0.05, 0.1) is 19.5 Å². The third kappa shape index (κ3) is 3.75. The van der Waals surface area contributed by atoms with Crippen molar-refractivity contribution < 1.29 is 27.5 Å². The number of aryl methyl sites for hydroxylation is 1. The second-order valence-corrected chi connectivity index (χ2v) is 10.5. The first-order chi connectivity index (χ1) is 14.8. The summed E-state index contributed by atoms with van der Waals surface area (Å²) in [5.74, 6) is 0.908. The smallest absolute Gasteiger partial charge is 0.333 e. The Morgan fingerprint density at radius 2 is 2.03 bits per heavy atom. The number of carbonyl (C=O) groups excluding carboxylic acids is 1. The zero-order valence-corrected chi connectivity index (χ0v) is 18.1. The van der Waals surface area contributed by atoms with Gasteiger partial charge in [-0.3, -0.25) is 0 Å². The van der Waals surface area contributed by atoms with Crippen LogP contribution in [0.5, 0.6) is 0 Å². The summed E-state index contributed by atoms with van der Waals surface area (Å²) in [5.41, 5.74) is 3.16. The van der Waals surface area contributed by atoms with Gasteiger partial charge in [-0.2, -0.15) is 8.42 Å². The molecule has 31 heavy (non-hydrogen) atoms. The van der Waals surface area contributed by atoms with E-state index in [2.05, 4.69) is 24.4 Å². The number of hydrogen-bond acceptors (Lipinski definition) is 6. The van der Waals surface area contributed by atoms with Gasteiger partial charge in [0.15, 0.2) is 0 Å². The zero-order chi connectivity index (χ0) is 21.8. The van der Waals surface area contributed by atoms with Gasteiger partial charge in [0.1, 0.15) is 5.60 Å². The van der Waals surface area contributed by atoms with Crippen LogP contribution in [0.25, 0.3) is 0 Å². The average Bonchev–Trinajstić information content (AvgIpc) is 3.22. The molecular weight excluding hydrogens is 420 g/mol. The minimum atomic E-state index is -4.23. The van der Waals surface area contributed by atoms with Crippen LogP contribution >= 0.6 is 0 Å². The molecular formula is C22H26N2O6S. The lowest BCUT2D eigenvalue weighted by Gasteiger charge is -2.35. The van der Waals surface area contributed by atoms with Gasteiger partial charge in [-0.25, -0.2) is 9.52 Å². The van der Waals surface area contributed by atoms with E-state index in [1.165, 1.54) is 30.7 Å². The molecule has 8 nitrogen and oxygen atoms in total. The van der Waals surface area contributed by atoms with E-state index in [0.717, 1.165) is 36.1 Å². The van der Waals surface area contributed by atoms with Gasteiger partial charge in [0.25, 0.3) is 10.0 Å². The lowest BCUT2D eigenvalue weighted by Crippen LogP contribution is -2.46. The van der Waals surface area contributed by atoms with Gasteiger partial charge < -0.3 is 19.6 Å². The second-order valence-electron chi connectivity index (χ2n) is 8.89. The molecule has 166 valence electrons. The van der Waals surface area contributed by atoms with Crippen LogP contribution in [0.15, 0.2) is 34.0 Å². The number of ether oxygens (including phenoxy) is 1. The molecule has 1 saturated heterocycles. The molecule has 9 heteroatoms. The Balaban J connectivity index is 1.36. The molecule has 3 aliphatic rings. The number of sulfonamides is 1. The number of furan rings is 1. The quantitative estimate of drug-likeness (QED) is 0.628. The highest BCUT2D eigenvalue weighted by molar-refractivity contribution is 7.89. The Morgan fingerprint density at radius 1 is 1.26 bits per heavy atom. The summed E-state index contributed by atoms with van der Waals surface area (Å²) in [4.78, 5) is 12.7. The van der Waals surface area contributed by atoms with E-state index >= 15 is 0 Å².